The molecule has 0 saturated carbocycles. The van der Waals surface area contributed by atoms with Crippen molar-refractivity contribution in [2.75, 3.05) is 26.8 Å². The molecule has 0 aromatic heterocycles. The van der Waals surface area contributed by atoms with Gasteiger partial charge in [-0.1, -0.05) is 18.7 Å². The molecule has 152 valence electrons. The van der Waals surface area contributed by atoms with E-state index in [1.165, 1.54) is 0 Å². The second kappa shape index (κ2) is 10.5. The third kappa shape index (κ3) is 6.15. The van der Waals surface area contributed by atoms with Crippen LogP contribution in [0, 0.1) is 5.92 Å². The molecular weight excluding hydrogens is 356 g/mol. The lowest BCUT2D eigenvalue weighted by molar-refractivity contribution is -0.132. The van der Waals surface area contributed by atoms with Crippen LogP contribution in [0.3, 0.4) is 0 Å². The number of rotatable bonds is 8. The molecule has 1 N–H and O–H groups in total. The highest BCUT2D eigenvalue weighted by atomic mass is 16.5. The minimum Gasteiger partial charge on any atom is -0.493 e. The summed E-state index contributed by atoms with van der Waals surface area (Å²) in [6.45, 7) is 9.12. The molecule has 1 heterocycles. The predicted molar refractivity (Wildman–Crippen MR) is 110 cm³/mol. The van der Waals surface area contributed by atoms with Crippen LogP contribution in [0.25, 0.3) is 6.08 Å². The number of carbonyl (C=O) groups is 2. The minimum atomic E-state index is -0.0475. The smallest absolute Gasteiger partial charge is 0.246 e. The second-order valence-electron chi connectivity index (χ2n) is 7.11. The summed E-state index contributed by atoms with van der Waals surface area (Å²) in [6.07, 6.45) is 6.39. The highest BCUT2D eigenvalue weighted by molar-refractivity contribution is 5.92. The summed E-state index contributed by atoms with van der Waals surface area (Å²) >= 11 is 0. The van der Waals surface area contributed by atoms with Gasteiger partial charge in [0.15, 0.2) is 11.5 Å². The molecule has 1 aliphatic rings. The zero-order chi connectivity index (χ0) is 20.5. The molecule has 1 aromatic carbocycles. The number of hydrogen-bond donors (Lipinski definition) is 1. The fraction of sp³-hybridized carbons (Fsp3) is 0.455. The fourth-order valence-electron chi connectivity index (χ4n) is 3.09. The first-order valence-corrected chi connectivity index (χ1v) is 9.63. The van der Waals surface area contributed by atoms with E-state index in [1.807, 2.05) is 32.0 Å². The van der Waals surface area contributed by atoms with Crippen LogP contribution in [0.2, 0.25) is 0 Å². The van der Waals surface area contributed by atoms with Gasteiger partial charge in [0, 0.05) is 31.1 Å². The Balaban J connectivity index is 1.91. The zero-order valence-electron chi connectivity index (χ0n) is 16.9. The molecule has 1 saturated heterocycles. The van der Waals surface area contributed by atoms with Gasteiger partial charge in [0.05, 0.1) is 7.11 Å². The van der Waals surface area contributed by atoms with Gasteiger partial charge in [-0.3, -0.25) is 9.59 Å². The van der Waals surface area contributed by atoms with Gasteiger partial charge in [-0.05, 0) is 50.5 Å². The summed E-state index contributed by atoms with van der Waals surface area (Å²) < 4.78 is 10.9. The normalized spacial score (nSPS) is 14.9. The van der Waals surface area contributed by atoms with E-state index in [0.717, 1.165) is 5.56 Å². The van der Waals surface area contributed by atoms with Gasteiger partial charge in [-0.2, -0.15) is 0 Å². The number of carbonyl (C=O) groups excluding carboxylic acids is 2. The van der Waals surface area contributed by atoms with E-state index < -0.39 is 0 Å². The van der Waals surface area contributed by atoms with Crippen LogP contribution >= 0.6 is 0 Å². The van der Waals surface area contributed by atoms with Crippen LogP contribution in [0.5, 0.6) is 11.5 Å². The summed E-state index contributed by atoms with van der Waals surface area (Å²) in [7, 11) is 1.58. The molecule has 6 heteroatoms. The van der Waals surface area contributed by atoms with Crippen LogP contribution in [0.1, 0.15) is 32.3 Å². The van der Waals surface area contributed by atoms with Crippen molar-refractivity contribution in [2.45, 2.75) is 32.7 Å². The SMILES string of the molecule is C=CCOc1ccc(/C=C/C(=O)N2CCC(C(=O)NC(C)C)CC2)cc1OC. The maximum absolute atomic E-state index is 12.5. The number of benzene rings is 1. The van der Waals surface area contributed by atoms with Crippen molar-refractivity contribution in [3.63, 3.8) is 0 Å². The number of hydrogen-bond acceptors (Lipinski definition) is 4. The van der Waals surface area contributed by atoms with E-state index in [9.17, 15) is 9.59 Å². The Kier molecular flexibility index (Phi) is 8.11. The number of ether oxygens (including phenoxy) is 2. The Morgan fingerprint density at radius 1 is 1.29 bits per heavy atom. The van der Waals surface area contributed by atoms with Crippen LogP contribution in [-0.2, 0) is 9.59 Å². The molecule has 0 radical (unpaired) electrons. The van der Waals surface area contributed by atoms with Crippen molar-refractivity contribution in [3.05, 3.63) is 42.5 Å². The number of amides is 2. The molecule has 0 aliphatic carbocycles. The van der Waals surface area contributed by atoms with E-state index in [-0.39, 0.29) is 23.8 Å². The van der Waals surface area contributed by atoms with Gasteiger partial charge in [0.2, 0.25) is 11.8 Å². The summed E-state index contributed by atoms with van der Waals surface area (Å²) in [5.41, 5.74) is 0.849. The van der Waals surface area contributed by atoms with Gasteiger partial charge in [-0.25, -0.2) is 0 Å². The molecule has 0 atom stereocenters. The first kappa shape index (κ1) is 21.5. The summed E-state index contributed by atoms with van der Waals surface area (Å²) in [5.74, 6) is 1.26. The number of nitrogens with zero attached hydrogens (tertiary/aromatic N) is 1. The minimum absolute atomic E-state index is 0.0113. The number of nitrogens with one attached hydrogen (secondary N) is 1. The van der Waals surface area contributed by atoms with Crippen molar-refractivity contribution in [3.8, 4) is 11.5 Å². The summed E-state index contributed by atoms with van der Waals surface area (Å²) in [5, 5.41) is 2.95. The van der Waals surface area contributed by atoms with E-state index in [0.29, 0.717) is 44.0 Å². The first-order chi connectivity index (χ1) is 13.4. The molecule has 0 spiro atoms. The summed E-state index contributed by atoms with van der Waals surface area (Å²) in [6, 6.07) is 5.64. The first-order valence-electron chi connectivity index (χ1n) is 9.63. The van der Waals surface area contributed by atoms with Crippen LogP contribution in [0.15, 0.2) is 36.9 Å². The lowest BCUT2D eigenvalue weighted by Gasteiger charge is -2.31. The highest BCUT2D eigenvalue weighted by Gasteiger charge is 2.26. The third-order valence-electron chi connectivity index (χ3n) is 4.57. The van der Waals surface area contributed by atoms with Gasteiger partial charge < -0.3 is 19.7 Å². The Labute approximate surface area is 167 Å². The molecular formula is C22H30N2O4. The maximum Gasteiger partial charge on any atom is 0.246 e. The highest BCUT2D eigenvalue weighted by Crippen LogP contribution is 2.28. The zero-order valence-corrected chi connectivity index (χ0v) is 16.9. The quantitative estimate of drug-likeness (QED) is 0.551. The van der Waals surface area contributed by atoms with Crippen molar-refractivity contribution in [2.24, 2.45) is 5.92 Å². The predicted octanol–water partition coefficient (Wildman–Crippen LogP) is 3.04. The molecule has 1 fully saturated rings. The molecule has 28 heavy (non-hydrogen) atoms. The van der Waals surface area contributed by atoms with E-state index in [2.05, 4.69) is 11.9 Å². The largest absolute Gasteiger partial charge is 0.493 e. The van der Waals surface area contributed by atoms with E-state index >= 15 is 0 Å². The fourth-order valence-corrected chi connectivity index (χ4v) is 3.09. The lowest BCUT2D eigenvalue weighted by Crippen LogP contribution is -2.43. The Morgan fingerprint density at radius 3 is 2.61 bits per heavy atom. The van der Waals surface area contributed by atoms with Crippen molar-refractivity contribution in [1.82, 2.24) is 10.2 Å². The topological polar surface area (TPSA) is 67.9 Å². The number of likely N-dealkylation sites (tertiary alicyclic amines) is 1. The van der Waals surface area contributed by atoms with Crippen molar-refractivity contribution < 1.29 is 19.1 Å². The monoisotopic (exact) mass is 386 g/mol. The van der Waals surface area contributed by atoms with E-state index in [4.69, 9.17) is 9.47 Å². The molecule has 0 unspecified atom stereocenters. The Hall–Kier alpha value is -2.76. The summed E-state index contributed by atoms with van der Waals surface area (Å²) in [4.78, 5) is 26.3. The molecule has 2 amide bonds. The molecule has 0 bridgehead atoms. The van der Waals surface area contributed by atoms with Crippen LogP contribution in [-0.4, -0.2) is 49.6 Å². The molecule has 1 aromatic rings. The van der Waals surface area contributed by atoms with E-state index in [1.54, 1.807) is 30.2 Å². The number of methoxy groups -OCH3 is 1. The standard InChI is InChI=1S/C22H30N2O4/c1-5-14-28-19-8-6-17(15-20(19)27-4)7-9-21(25)24-12-10-18(11-13-24)22(26)23-16(2)3/h5-9,15-16,18H,1,10-14H2,2-4H3,(H,23,26)/b9-7+. The molecule has 1 aliphatic heterocycles. The van der Waals surface area contributed by atoms with Crippen LogP contribution < -0.4 is 14.8 Å². The van der Waals surface area contributed by atoms with Crippen molar-refractivity contribution in [1.29, 1.82) is 0 Å². The second-order valence-corrected chi connectivity index (χ2v) is 7.11. The molecule has 2 rings (SSSR count). The van der Waals surface area contributed by atoms with Gasteiger partial charge in [0.25, 0.3) is 0 Å². The van der Waals surface area contributed by atoms with Gasteiger partial charge >= 0.3 is 0 Å². The Morgan fingerprint density at radius 2 is 2.00 bits per heavy atom. The van der Waals surface area contributed by atoms with Crippen LogP contribution in [0.4, 0.5) is 0 Å². The lowest BCUT2D eigenvalue weighted by atomic mass is 9.95. The maximum atomic E-state index is 12.5. The Bertz CT molecular complexity index is 719. The third-order valence-corrected chi connectivity index (χ3v) is 4.57. The van der Waals surface area contributed by atoms with Crippen molar-refractivity contribution >= 4 is 17.9 Å². The average Bonchev–Trinajstić information content (AvgIpc) is 2.70. The molecule has 6 nitrogen and oxygen atoms in total. The number of piperidine rings is 1. The van der Waals surface area contributed by atoms with Gasteiger partial charge in [0.1, 0.15) is 6.61 Å². The van der Waals surface area contributed by atoms with Gasteiger partial charge in [-0.15, -0.1) is 0 Å². The average molecular weight is 386 g/mol.